The van der Waals surface area contributed by atoms with Crippen molar-refractivity contribution in [3.8, 4) is 0 Å². The molecular formula is C14H22N6O2. The monoisotopic (exact) mass is 306 g/mol. The van der Waals surface area contributed by atoms with E-state index in [1.807, 2.05) is 13.8 Å². The van der Waals surface area contributed by atoms with Crippen molar-refractivity contribution >= 4 is 23.6 Å². The van der Waals surface area contributed by atoms with Gasteiger partial charge in [0.1, 0.15) is 11.9 Å². The Kier molecular flexibility index (Phi) is 4.79. The van der Waals surface area contributed by atoms with Crippen LogP contribution in [0.1, 0.15) is 43.5 Å². The molecule has 1 aromatic rings. The maximum Gasteiger partial charge on any atom is 0.254 e. The highest BCUT2D eigenvalue weighted by atomic mass is 16.1. The standard InChI is InChI=1S/C14H22N6O2/c1-7(2)10(12(16)22)19-14-17-6-9(11(15)21)13(20-14)18-8-4-3-5-8/h6-8,10H,3-5H2,1-2H3,(H2,15,21)(H2,16,22)(H2,17,18,19,20). The number of rotatable bonds is 7. The van der Waals surface area contributed by atoms with E-state index in [0.29, 0.717) is 5.82 Å². The number of primary amides is 2. The Morgan fingerprint density at radius 2 is 2.00 bits per heavy atom. The molecule has 0 saturated heterocycles. The molecule has 8 nitrogen and oxygen atoms in total. The van der Waals surface area contributed by atoms with Crippen molar-refractivity contribution in [2.75, 3.05) is 10.6 Å². The first-order valence-electron chi connectivity index (χ1n) is 7.37. The fourth-order valence-electron chi connectivity index (χ4n) is 2.19. The molecule has 1 aromatic heterocycles. The summed E-state index contributed by atoms with van der Waals surface area (Å²) in [5, 5.41) is 6.10. The lowest BCUT2D eigenvalue weighted by Crippen LogP contribution is -2.40. The number of anilines is 2. The number of nitrogens with zero attached hydrogens (tertiary/aromatic N) is 2. The van der Waals surface area contributed by atoms with Crippen LogP contribution >= 0.6 is 0 Å². The van der Waals surface area contributed by atoms with E-state index >= 15 is 0 Å². The van der Waals surface area contributed by atoms with Crippen LogP contribution in [-0.2, 0) is 4.79 Å². The third-order valence-corrected chi connectivity index (χ3v) is 3.76. The van der Waals surface area contributed by atoms with Gasteiger partial charge in [0.15, 0.2) is 0 Å². The summed E-state index contributed by atoms with van der Waals surface area (Å²) in [5.41, 5.74) is 10.9. The van der Waals surface area contributed by atoms with E-state index < -0.39 is 17.9 Å². The van der Waals surface area contributed by atoms with Crippen molar-refractivity contribution < 1.29 is 9.59 Å². The smallest absolute Gasteiger partial charge is 0.254 e. The van der Waals surface area contributed by atoms with Crippen LogP contribution in [0.4, 0.5) is 11.8 Å². The fraction of sp³-hybridized carbons (Fsp3) is 0.571. The fourth-order valence-corrected chi connectivity index (χ4v) is 2.19. The molecule has 8 heteroatoms. The van der Waals surface area contributed by atoms with Crippen molar-refractivity contribution in [2.45, 2.75) is 45.2 Å². The maximum atomic E-state index is 11.5. The molecule has 1 atom stereocenters. The molecule has 0 spiro atoms. The van der Waals surface area contributed by atoms with Crippen LogP contribution in [0.15, 0.2) is 6.20 Å². The van der Waals surface area contributed by atoms with E-state index in [4.69, 9.17) is 11.5 Å². The Bertz CT molecular complexity index is 570. The second-order valence-corrected chi connectivity index (χ2v) is 5.86. The first-order chi connectivity index (χ1) is 10.4. The number of hydrogen-bond acceptors (Lipinski definition) is 6. The Morgan fingerprint density at radius 3 is 2.45 bits per heavy atom. The van der Waals surface area contributed by atoms with Gasteiger partial charge in [-0.25, -0.2) is 4.98 Å². The molecule has 120 valence electrons. The summed E-state index contributed by atoms with van der Waals surface area (Å²) in [6, 6.07) is -0.297. The molecule has 6 N–H and O–H groups in total. The normalized spacial score (nSPS) is 16.0. The topological polar surface area (TPSA) is 136 Å². The molecule has 0 aromatic carbocycles. The first-order valence-corrected chi connectivity index (χ1v) is 7.37. The predicted octanol–water partition coefficient (Wildman–Crippen LogP) is 0.462. The number of nitrogens with two attached hydrogens (primary N) is 2. The zero-order valence-electron chi connectivity index (χ0n) is 12.8. The van der Waals surface area contributed by atoms with E-state index in [1.165, 1.54) is 6.20 Å². The van der Waals surface area contributed by atoms with E-state index in [2.05, 4.69) is 20.6 Å². The number of hydrogen-bond donors (Lipinski definition) is 4. The van der Waals surface area contributed by atoms with Crippen molar-refractivity contribution in [3.05, 3.63) is 11.8 Å². The van der Waals surface area contributed by atoms with E-state index in [1.54, 1.807) is 0 Å². The number of aromatic nitrogens is 2. The summed E-state index contributed by atoms with van der Waals surface area (Å²) in [6.07, 6.45) is 4.57. The third-order valence-electron chi connectivity index (χ3n) is 3.76. The van der Waals surface area contributed by atoms with Crippen LogP contribution in [0, 0.1) is 5.92 Å². The van der Waals surface area contributed by atoms with Gasteiger partial charge in [0.25, 0.3) is 5.91 Å². The minimum absolute atomic E-state index is 0.0139. The summed E-state index contributed by atoms with van der Waals surface area (Å²) in [4.78, 5) is 31.2. The van der Waals surface area contributed by atoms with Gasteiger partial charge < -0.3 is 22.1 Å². The molecule has 1 heterocycles. The van der Waals surface area contributed by atoms with Gasteiger partial charge in [0.2, 0.25) is 11.9 Å². The molecule has 1 aliphatic rings. The van der Waals surface area contributed by atoms with Crippen LogP contribution in [0.2, 0.25) is 0 Å². The van der Waals surface area contributed by atoms with Crippen molar-refractivity contribution in [3.63, 3.8) is 0 Å². The summed E-state index contributed by atoms with van der Waals surface area (Å²) in [5.74, 6) is -0.458. The van der Waals surface area contributed by atoms with Gasteiger partial charge in [-0.15, -0.1) is 0 Å². The van der Waals surface area contributed by atoms with E-state index in [-0.39, 0.29) is 23.5 Å². The second-order valence-electron chi connectivity index (χ2n) is 5.86. The largest absolute Gasteiger partial charge is 0.368 e. The van der Waals surface area contributed by atoms with Gasteiger partial charge in [0.05, 0.1) is 5.56 Å². The molecule has 1 fully saturated rings. The first kappa shape index (κ1) is 16.0. The summed E-state index contributed by atoms with van der Waals surface area (Å²) < 4.78 is 0. The van der Waals surface area contributed by atoms with Crippen LogP contribution < -0.4 is 22.1 Å². The van der Waals surface area contributed by atoms with Gasteiger partial charge in [-0.3, -0.25) is 9.59 Å². The molecule has 1 aliphatic carbocycles. The third kappa shape index (κ3) is 3.63. The molecule has 1 unspecified atom stereocenters. The molecule has 22 heavy (non-hydrogen) atoms. The minimum Gasteiger partial charge on any atom is -0.368 e. The Hall–Kier alpha value is -2.38. The highest BCUT2D eigenvalue weighted by Gasteiger charge is 2.23. The number of amides is 2. The lowest BCUT2D eigenvalue weighted by atomic mass is 9.93. The Labute approximate surface area is 129 Å². The zero-order chi connectivity index (χ0) is 16.3. The van der Waals surface area contributed by atoms with Gasteiger partial charge in [-0.05, 0) is 25.2 Å². The lowest BCUT2D eigenvalue weighted by molar-refractivity contribution is -0.119. The summed E-state index contributed by atoms with van der Waals surface area (Å²) in [6.45, 7) is 3.74. The van der Waals surface area contributed by atoms with Gasteiger partial charge in [-0.2, -0.15) is 4.98 Å². The molecule has 0 radical (unpaired) electrons. The molecule has 0 aliphatic heterocycles. The predicted molar refractivity (Wildman–Crippen MR) is 83.3 cm³/mol. The van der Waals surface area contributed by atoms with Crippen LogP contribution in [0.25, 0.3) is 0 Å². The maximum absolute atomic E-state index is 11.5. The summed E-state index contributed by atoms with van der Waals surface area (Å²) in [7, 11) is 0. The minimum atomic E-state index is -0.594. The van der Waals surface area contributed by atoms with Crippen LogP contribution in [0.3, 0.4) is 0 Å². The van der Waals surface area contributed by atoms with E-state index in [0.717, 1.165) is 19.3 Å². The van der Waals surface area contributed by atoms with Crippen LogP contribution in [0.5, 0.6) is 0 Å². The Morgan fingerprint density at radius 1 is 1.32 bits per heavy atom. The average molecular weight is 306 g/mol. The highest BCUT2D eigenvalue weighted by Crippen LogP contribution is 2.24. The van der Waals surface area contributed by atoms with Crippen LogP contribution in [-0.4, -0.2) is 33.9 Å². The SMILES string of the molecule is CC(C)C(Nc1ncc(C(N)=O)c(NC2CCC2)n1)C(N)=O. The average Bonchev–Trinajstić information content (AvgIpc) is 2.39. The number of nitrogens with one attached hydrogen (secondary N) is 2. The molecule has 1 saturated carbocycles. The van der Waals surface area contributed by atoms with E-state index in [9.17, 15) is 9.59 Å². The van der Waals surface area contributed by atoms with Gasteiger partial charge in [-0.1, -0.05) is 13.8 Å². The number of carbonyl (C=O) groups excluding carboxylic acids is 2. The number of carbonyl (C=O) groups is 2. The second kappa shape index (κ2) is 6.59. The molecular weight excluding hydrogens is 284 g/mol. The molecule has 0 bridgehead atoms. The highest BCUT2D eigenvalue weighted by molar-refractivity contribution is 5.97. The molecule has 2 amide bonds. The Balaban J connectivity index is 2.23. The zero-order valence-corrected chi connectivity index (χ0v) is 12.8. The summed E-state index contributed by atoms with van der Waals surface area (Å²) >= 11 is 0. The van der Waals surface area contributed by atoms with Crippen molar-refractivity contribution in [1.29, 1.82) is 0 Å². The quantitative estimate of drug-likeness (QED) is 0.578. The lowest BCUT2D eigenvalue weighted by Gasteiger charge is -2.28. The molecule has 2 rings (SSSR count). The van der Waals surface area contributed by atoms with Gasteiger partial charge in [0, 0.05) is 12.2 Å². The van der Waals surface area contributed by atoms with Crippen molar-refractivity contribution in [2.24, 2.45) is 17.4 Å². The van der Waals surface area contributed by atoms with Crippen molar-refractivity contribution in [1.82, 2.24) is 9.97 Å². The van der Waals surface area contributed by atoms with Gasteiger partial charge >= 0.3 is 0 Å².